The van der Waals surface area contributed by atoms with Crippen LogP contribution < -0.4 is 9.47 Å². The largest absolute Gasteiger partial charge is 0.513 e. The number of thioether (sulfide) groups is 1. The van der Waals surface area contributed by atoms with Gasteiger partial charge in [-0.3, -0.25) is 10.2 Å². The van der Waals surface area contributed by atoms with Crippen LogP contribution in [0.1, 0.15) is 35.3 Å². The standard InChI is InChI=1S/C19H19N3O5S2/c1-4-14-21-22-18(29-14)15-16(23)13(28-17(15)20)9-10-6-7-11(12(8-10)25-3)27-19(24)26-5-2/h6-9,15,20H,4-5H2,1-3H3/b13-9-,20-17?/t15-/m1/s1. The molecule has 2 heterocycles. The molecule has 1 fully saturated rings. The molecule has 152 valence electrons. The first-order valence-electron chi connectivity index (χ1n) is 8.83. The highest BCUT2D eigenvalue weighted by Crippen LogP contribution is 2.42. The van der Waals surface area contributed by atoms with E-state index in [1.165, 1.54) is 18.4 Å². The predicted molar refractivity (Wildman–Crippen MR) is 111 cm³/mol. The minimum absolute atomic E-state index is 0.176. The molecule has 0 bridgehead atoms. The van der Waals surface area contributed by atoms with Crippen LogP contribution in [0.15, 0.2) is 23.1 Å². The summed E-state index contributed by atoms with van der Waals surface area (Å²) in [6.45, 7) is 3.85. The molecular weight excluding hydrogens is 414 g/mol. The fourth-order valence-electron chi connectivity index (χ4n) is 2.59. The maximum absolute atomic E-state index is 12.8. The van der Waals surface area contributed by atoms with E-state index in [1.807, 2.05) is 6.92 Å². The van der Waals surface area contributed by atoms with E-state index in [9.17, 15) is 9.59 Å². The molecule has 0 unspecified atom stereocenters. The van der Waals surface area contributed by atoms with Gasteiger partial charge in [0.2, 0.25) is 0 Å². The fraction of sp³-hybridized carbons (Fsp3) is 0.316. The lowest BCUT2D eigenvalue weighted by atomic mass is 10.1. The number of nitrogens with zero attached hydrogens (tertiary/aromatic N) is 2. The molecule has 0 radical (unpaired) electrons. The Kier molecular flexibility index (Phi) is 6.65. The lowest BCUT2D eigenvalue weighted by Gasteiger charge is -2.09. The number of ketones is 1. The summed E-state index contributed by atoms with van der Waals surface area (Å²) in [6, 6.07) is 4.90. The van der Waals surface area contributed by atoms with Gasteiger partial charge < -0.3 is 14.2 Å². The van der Waals surface area contributed by atoms with Gasteiger partial charge in [-0.2, -0.15) is 0 Å². The number of carbonyl (C=O) groups excluding carboxylic acids is 2. The number of rotatable bonds is 6. The molecular formula is C19H19N3O5S2. The van der Waals surface area contributed by atoms with Gasteiger partial charge in [-0.05, 0) is 37.1 Å². The molecule has 0 spiro atoms. The molecule has 3 rings (SSSR count). The zero-order chi connectivity index (χ0) is 21.0. The number of hydrogen-bond acceptors (Lipinski definition) is 10. The minimum atomic E-state index is -0.821. The SMILES string of the molecule is CCOC(=O)Oc1ccc(/C=C2\SC(=N)[C@H](c3nnc(CC)s3)C2=O)cc1OC. The van der Waals surface area contributed by atoms with Crippen molar-refractivity contribution in [1.82, 2.24) is 10.2 Å². The number of aromatic nitrogens is 2. The third-order valence-electron chi connectivity index (χ3n) is 3.96. The molecule has 0 amide bonds. The first-order chi connectivity index (χ1) is 14.0. The summed E-state index contributed by atoms with van der Waals surface area (Å²) in [7, 11) is 1.45. The Morgan fingerprint density at radius 3 is 2.72 bits per heavy atom. The molecule has 2 aromatic rings. The van der Waals surface area contributed by atoms with Gasteiger partial charge in [0.25, 0.3) is 0 Å². The van der Waals surface area contributed by atoms with E-state index in [2.05, 4.69) is 10.2 Å². The molecule has 10 heteroatoms. The van der Waals surface area contributed by atoms with Crippen molar-refractivity contribution in [3.63, 3.8) is 0 Å². The van der Waals surface area contributed by atoms with Crippen molar-refractivity contribution in [3.8, 4) is 11.5 Å². The third kappa shape index (κ3) is 4.65. The van der Waals surface area contributed by atoms with E-state index in [0.717, 1.165) is 23.2 Å². The lowest BCUT2D eigenvalue weighted by molar-refractivity contribution is -0.114. The summed E-state index contributed by atoms with van der Waals surface area (Å²) >= 11 is 2.47. The van der Waals surface area contributed by atoms with Gasteiger partial charge in [0.1, 0.15) is 15.9 Å². The van der Waals surface area contributed by atoms with E-state index in [1.54, 1.807) is 31.2 Å². The third-order valence-corrected chi connectivity index (χ3v) is 6.09. The van der Waals surface area contributed by atoms with Crippen molar-refractivity contribution in [2.24, 2.45) is 0 Å². The van der Waals surface area contributed by atoms with Crippen LogP contribution in [0.25, 0.3) is 6.08 Å². The molecule has 1 saturated heterocycles. The molecule has 1 N–H and O–H groups in total. The second kappa shape index (κ2) is 9.19. The topological polar surface area (TPSA) is 111 Å². The molecule has 1 aromatic carbocycles. The minimum Gasteiger partial charge on any atom is -0.493 e. The highest BCUT2D eigenvalue weighted by atomic mass is 32.2. The quantitative estimate of drug-likeness (QED) is 0.412. The number of allylic oxidation sites excluding steroid dienone is 1. The highest BCUT2D eigenvalue weighted by molar-refractivity contribution is 8.19. The van der Waals surface area contributed by atoms with E-state index in [4.69, 9.17) is 19.6 Å². The van der Waals surface area contributed by atoms with Gasteiger partial charge in [0, 0.05) is 0 Å². The van der Waals surface area contributed by atoms with Crippen LogP contribution in [-0.2, 0) is 16.0 Å². The monoisotopic (exact) mass is 433 g/mol. The van der Waals surface area contributed by atoms with E-state index >= 15 is 0 Å². The maximum Gasteiger partial charge on any atom is 0.513 e. The zero-order valence-corrected chi connectivity index (χ0v) is 17.7. The molecule has 1 atom stereocenters. The summed E-state index contributed by atoms with van der Waals surface area (Å²) < 4.78 is 15.1. The first kappa shape index (κ1) is 21.0. The Hall–Kier alpha value is -2.72. The van der Waals surface area contributed by atoms with Gasteiger partial charge >= 0.3 is 6.16 Å². The van der Waals surface area contributed by atoms with Crippen molar-refractivity contribution in [3.05, 3.63) is 38.7 Å². The molecule has 1 aromatic heterocycles. The molecule has 0 saturated carbocycles. The van der Waals surface area contributed by atoms with Crippen molar-refractivity contribution in [2.75, 3.05) is 13.7 Å². The van der Waals surface area contributed by atoms with Crippen molar-refractivity contribution < 1.29 is 23.8 Å². The molecule has 1 aliphatic heterocycles. The number of carbonyl (C=O) groups is 2. The summed E-state index contributed by atoms with van der Waals surface area (Å²) in [4.78, 5) is 24.8. The summed E-state index contributed by atoms with van der Waals surface area (Å²) in [5, 5.41) is 18.0. The van der Waals surface area contributed by atoms with Gasteiger partial charge in [-0.1, -0.05) is 24.8 Å². The van der Waals surface area contributed by atoms with Crippen molar-refractivity contribution in [1.29, 1.82) is 5.41 Å². The Morgan fingerprint density at radius 1 is 1.28 bits per heavy atom. The predicted octanol–water partition coefficient (Wildman–Crippen LogP) is 4.06. The number of benzene rings is 1. The van der Waals surface area contributed by atoms with Crippen LogP contribution in [0.5, 0.6) is 11.5 Å². The van der Waals surface area contributed by atoms with E-state index in [0.29, 0.717) is 21.2 Å². The summed E-state index contributed by atoms with van der Waals surface area (Å²) in [5.74, 6) is -0.335. The van der Waals surface area contributed by atoms with E-state index in [-0.39, 0.29) is 23.2 Å². The smallest absolute Gasteiger partial charge is 0.493 e. The van der Waals surface area contributed by atoms with Crippen molar-refractivity contribution in [2.45, 2.75) is 26.2 Å². The van der Waals surface area contributed by atoms with Gasteiger partial charge in [-0.15, -0.1) is 21.5 Å². The van der Waals surface area contributed by atoms with Crippen LogP contribution in [0.3, 0.4) is 0 Å². The molecule has 0 aliphatic carbocycles. The van der Waals surface area contributed by atoms with Crippen molar-refractivity contribution >= 4 is 46.2 Å². The van der Waals surface area contributed by atoms with Gasteiger partial charge in [-0.25, -0.2) is 4.79 Å². The van der Waals surface area contributed by atoms with E-state index < -0.39 is 12.1 Å². The molecule has 1 aliphatic rings. The second-order valence-corrected chi connectivity index (χ2v) is 8.03. The highest BCUT2D eigenvalue weighted by Gasteiger charge is 2.39. The molecule has 8 nitrogen and oxygen atoms in total. The van der Waals surface area contributed by atoms with Gasteiger partial charge in [0.15, 0.2) is 17.3 Å². The maximum atomic E-state index is 12.8. The first-order valence-corrected chi connectivity index (χ1v) is 10.5. The van der Waals surface area contributed by atoms with Crippen LogP contribution in [0, 0.1) is 5.41 Å². The fourth-order valence-corrected chi connectivity index (χ4v) is 4.54. The Morgan fingerprint density at radius 2 is 2.07 bits per heavy atom. The second-order valence-electron chi connectivity index (χ2n) is 5.86. The van der Waals surface area contributed by atoms with Crippen LogP contribution in [0.4, 0.5) is 4.79 Å². The van der Waals surface area contributed by atoms with Crippen LogP contribution in [0.2, 0.25) is 0 Å². The zero-order valence-electron chi connectivity index (χ0n) is 16.1. The summed E-state index contributed by atoms with van der Waals surface area (Å²) in [6.07, 6.45) is 1.60. The van der Waals surface area contributed by atoms with Crippen LogP contribution in [-0.4, -0.2) is 40.9 Å². The number of ether oxygens (including phenoxy) is 3. The Labute approximate surface area is 175 Å². The average molecular weight is 434 g/mol. The number of aryl methyl sites for hydroxylation is 1. The Bertz CT molecular complexity index is 986. The number of methoxy groups -OCH3 is 1. The summed E-state index contributed by atoms with van der Waals surface area (Å²) in [5.41, 5.74) is 0.675. The normalized spacial score (nSPS) is 17.6. The number of Topliss-reactive ketones (excluding diaryl/α,β-unsaturated/α-hetero) is 1. The number of hydrogen-bond donors (Lipinski definition) is 1. The molecule has 29 heavy (non-hydrogen) atoms. The Balaban J connectivity index is 1.83. The number of nitrogens with one attached hydrogen (secondary N) is 1. The van der Waals surface area contributed by atoms with Crippen LogP contribution >= 0.6 is 23.1 Å². The lowest BCUT2D eigenvalue weighted by Crippen LogP contribution is -2.11. The average Bonchev–Trinajstić information content (AvgIpc) is 3.27. The van der Waals surface area contributed by atoms with Gasteiger partial charge in [0.05, 0.1) is 23.7 Å².